The lowest BCUT2D eigenvalue weighted by Crippen LogP contribution is -2.35. The zero-order chi connectivity index (χ0) is 14.8. The van der Waals surface area contributed by atoms with Crippen molar-refractivity contribution in [1.82, 2.24) is 19.9 Å². The fourth-order valence-corrected chi connectivity index (χ4v) is 2.92. The number of carbonyl (C=O) groups is 1. The Hall–Kier alpha value is -2.41. The summed E-state index contributed by atoms with van der Waals surface area (Å²) in [6.45, 7) is 2.64. The average Bonchev–Trinajstić information content (AvgIpc) is 3.05. The Kier molecular flexibility index (Phi) is 3.57. The van der Waals surface area contributed by atoms with Gasteiger partial charge in [-0.1, -0.05) is 11.3 Å². The quantitative estimate of drug-likeness (QED) is 0.770. The topological polar surface area (TPSA) is 85.8 Å². The molecule has 3 N–H and O–H groups in total. The molecule has 0 aliphatic heterocycles. The molecule has 6 nitrogen and oxygen atoms in total. The lowest BCUT2D eigenvalue weighted by Gasteiger charge is -2.14. The fourth-order valence-electron chi connectivity index (χ4n) is 2.15. The highest BCUT2D eigenvalue weighted by Gasteiger charge is 2.12. The molecule has 0 radical (unpaired) electrons. The van der Waals surface area contributed by atoms with Crippen LogP contribution < -0.4 is 11.1 Å². The van der Waals surface area contributed by atoms with E-state index in [-0.39, 0.29) is 11.9 Å². The number of fused-ring (bicyclic) bond motifs is 1. The van der Waals surface area contributed by atoms with Crippen molar-refractivity contribution in [3.05, 3.63) is 42.5 Å². The Balaban J connectivity index is 1.71. The Morgan fingerprint density at radius 1 is 1.52 bits per heavy atom. The minimum atomic E-state index is -0.100. The summed E-state index contributed by atoms with van der Waals surface area (Å²) in [5.74, 6) is -0.100. The summed E-state index contributed by atoms with van der Waals surface area (Å²) in [6.07, 6.45) is 5.32. The van der Waals surface area contributed by atoms with E-state index in [1.807, 2.05) is 29.8 Å². The number of nitrogens with two attached hydrogens (primary N) is 1. The molecule has 1 unspecified atom stereocenters. The van der Waals surface area contributed by atoms with Crippen LogP contribution in [0.15, 0.2) is 36.9 Å². The summed E-state index contributed by atoms with van der Waals surface area (Å²) in [6, 6.07) is 5.41. The third-order valence-electron chi connectivity index (χ3n) is 3.09. The summed E-state index contributed by atoms with van der Waals surface area (Å²) >= 11 is 1.38. The number of anilines is 1. The molecule has 1 amide bonds. The van der Waals surface area contributed by atoms with E-state index in [0.29, 0.717) is 17.2 Å². The van der Waals surface area contributed by atoms with Gasteiger partial charge in [-0.05, 0) is 25.1 Å². The number of hydrogen-bond acceptors (Lipinski definition) is 5. The zero-order valence-corrected chi connectivity index (χ0v) is 12.3. The molecule has 2 heterocycles. The fraction of sp³-hybridized carbons (Fsp3) is 0.214. The van der Waals surface area contributed by atoms with Gasteiger partial charge in [0, 0.05) is 30.5 Å². The number of thiazole rings is 1. The molecule has 21 heavy (non-hydrogen) atoms. The van der Waals surface area contributed by atoms with Gasteiger partial charge in [-0.15, -0.1) is 0 Å². The van der Waals surface area contributed by atoms with E-state index in [1.165, 1.54) is 11.3 Å². The molecule has 108 valence electrons. The van der Waals surface area contributed by atoms with E-state index in [0.717, 1.165) is 10.2 Å². The van der Waals surface area contributed by atoms with Crippen molar-refractivity contribution in [3.63, 3.8) is 0 Å². The van der Waals surface area contributed by atoms with Crippen LogP contribution in [0.5, 0.6) is 0 Å². The SMILES string of the molecule is CC(Cn1ccnc1)NC(=O)c1ccc2nc(N)sc2c1. The summed E-state index contributed by atoms with van der Waals surface area (Å²) in [4.78, 5) is 20.4. The number of nitrogens with one attached hydrogen (secondary N) is 1. The van der Waals surface area contributed by atoms with Gasteiger partial charge < -0.3 is 15.6 Å². The second-order valence-electron chi connectivity index (χ2n) is 4.87. The molecule has 0 fully saturated rings. The number of nitrogens with zero attached hydrogens (tertiary/aromatic N) is 3. The lowest BCUT2D eigenvalue weighted by atomic mass is 10.2. The van der Waals surface area contributed by atoms with Crippen LogP contribution >= 0.6 is 11.3 Å². The van der Waals surface area contributed by atoms with Crippen LogP contribution in [0, 0.1) is 0 Å². The molecule has 0 saturated carbocycles. The maximum Gasteiger partial charge on any atom is 0.251 e. The van der Waals surface area contributed by atoms with Gasteiger partial charge in [-0.2, -0.15) is 0 Å². The number of aromatic nitrogens is 3. The first-order chi connectivity index (χ1) is 10.1. The van der Waals surface area contributed by atoms with E-state index < -0.39 is 0 Å². The molecule has 1 aromatic carbocycles. The summed E-state index contributed by atoms with van der Waals surface area (Å²) < 4.78 is 2.85. The van der Waals surface area contributed by atoms with Crippen molar-refractivity contribution >= 4 is 32.6 Å². The first-order valence-electron chi connectivity index (χ1n) is 6.54. The largest absolute Gasteiger partial charge is 0.375 e. The Bertz CT molecular complexity index is 765. The van der Waals surface area contributed by atoms with Crippen LogP contribution in [-0.4, -0.2) is 26.5 Å². The van der Waals surface area contributed by atoms with Gasteiger partial charge in [0.25, 0.3) is 5.91 Å². The number of amides is 1. The Labute approximate surface area is 125 Å². The second-order valence-corrected chi connectivity index (χ2v) is 5.93. The summed E-state index contributed by atoms with van der Waals surface area (Å²) in [5.41, 5.74) is 7.11. The van der Waals surface area contributed by atoms with Crippen molar-refractivity contribution in [3.8, 4) is 0 Å². The van der Waals surface area contributed by atoms with Gasteiger partial charge in [0.1, 0.15) is 0 Å². The van der Waals surface area contributed by atoms with Crippen molar-refractivity contribution < 1.29 is 4.79 Å². The molecule has 0 aliphatic rings. The van der Waals surface area contributed by atoms with Crippen molar-refractivity contribution in [1.29, 1.82) is 0 Å². The van der Waals surface area contributed by atoms with Gasteiger partial charge in [0.05, 0.1) is 16.5 Å². The van der Waals surface area contributed by atoms with Gasteiger partial charge in [0.2, 0.25) is 0 Å². The van der Waals surface area contributed by atoms with E-state index in [1.54, 1.807) is 18.6 Å². The maximum atomic E-state index is 12.3. The van der Waals surface area contributed by atoms with E-state index >= 15 is 0 Å². The predicted molar refractivity (Wildman–Crippen MR) is 83.2 cm³/mol. The monoisotopic (exact) mass is 301 g/mol. The number of carbonyl (C=O) groups excluding carboxylic acids is 1. The molecule has 7 heteroatoms. The van der Waals surface area contributed by atoms with Crippen LogP contribution in [0.25, 0.3) is 10.2 Å². The van der Waals surface area contributed by atoms with Crippen LogP contribution in [-0.2, 0) is 6.54 Å². The van der Waals surface area contributed by atoms with Gasteiger partial charge in [0.15, 0.2) is 5.13 Å². The molecule has 0 aliphatic carbocycles. The van der Waals surface area contributed by atoms with Crippen molar-refractivity contribution in [2.24, 2.45) is 0 Å². The minimum absolute atomic E-state index is 0.00827. The first-order valence-corrected chi connectivity index (χ1v) is 7.36. The summed E-state index contributed by atoms with van der Waals surface area (Å²) in [7, 11) is 0. The molecule has 0 saturated heterocycles. The van der Waals surface area contributed by atoms with Crippen LogP contribution in [0.1, 0.15) is 17.3 Å². The maximum absolute atomic E-state index is 12.3. The highest BCUT2D eigenvalue weighted by Crippen LogP contribution is 2.24. The molecular weight excluding hydrogens is 286 g/mol. The molecule has 0 spiro atoms. The third kappa shape index (κ3) is 3.03. The minimum Gasteiger partial charge on any atom is -0.375 e. The molecule has 0 bridgehead atoms. The first kappa shape index (κ1) is 13.6. The Morgan fingerprint density at radius 3 is 3.14 bits per heavy atom. The normalized spacial score (nSPS) is 12.4. The molecule has 3 rings (SSSR count). The van der Waals surface area contributed by atoms with Crippen molar-refractivity contribution in [2.45, 2.75) is 19.5 Å². The predicted octanol–water partition coefficient (Wildman–Crippen LogP) is 1.89. The average molecular weight is 301 g/mol. The van der Waals surface area contributed by atoms with Crippen molar-refractivity contribution in [2.75, 3.05) is 5.73 Å². The highest BCUT2D eigenvalue weighted by atomic mass is 32.1. The van der Waals surface area contributed by atoms with E-state index in [2.05, 4.69) is 15.3 Å². The van der Waals surface area contributed by atoms with Gasteiger partial charge in [-0.3, -0.25) is 4.79 Å². The highest BCUT2D eigenvalue weighted by molar-refractivity contribution is 7.22. The van der Waals surface area contributed by atoms with E-state index in [9.17, 15) is 4.79 Å². The zero-order valence-electron chi connectivity index (χ0n) is 11.5. The second kappa shape index (κ2) is 5.53. The number of hydrogen-bond donors (Lipinski definition) is 2. The Morgan fingerprint density at radius 2 is 2.38 bits per heavy atom. The molecular formula is C14H15N5OS. The number of benzene rings is 1. The number of nitrogen functional groups attached to an aromatic ring is 1. The molecule has 2 aromatic heterocycles. The molecule has 3 aromatic rings. The van der Waals surface area contributed by atoms with Crippen LogP contribution in [0.3, 0.4) is 0 Å². The summed E-state index contributed by atoms with van der Waals surface area (Å²) in [5, 5.41) is 3.48. The smallest absolute Gasteiger partial charge is 0.251 e. The van der Waals surface area contributed by atoms with Gasteiger partial charge >= 0.3 is 0 Å². The standard InChI is InChI=1S/C14H15N5OS/c1-9(7-19-5-4-16-8-19)17-13(20)10-2-3-11-12(6-10)21-14(15)18-11/h2-6,8-9H,7H2,1H3,(H2,15,18)(H,17,20). The molecule has 1 atom stereocenters. The lowest BCUT2D eigenvalue weighted by molar-refractivity contribution is 0.0937. The third-order valence-corrected chi connectivity index (χ3v) is 3.94. The van der Waals surface area contributed by atoms with Crippen LogP contribution in [0.4, 0.5) is 5.13 Å². The number of rotatable bonds is 4. The van der Waals surface area contributed by atoms with E-state index in [4.69, 9.17) is 5.73 Å². The van der Waals surface area contributed by atoms with Crippen LogP contribution in [0.2, 0.25) is 0 Å². The number of imidazole rings is 1. The van der Waals surface area contributed by atoms with Gasteiger partial charge in [-0.25, -0.2) is 9.97 Å².